The molecule has 6 nitrogen and oxygen atoms in total. The number of aryl methyl sites for hydroxylation is 1. The van der Waals surface area contributed by atoms with Gasteiger partial charge in [-0.1, -0.05) is 11.6 Å². The van der Waals surface area contributed by atoms with Crippen molar-refractivity contribution in [3.63, 3.8) is 0 Å². The molecule has 2 aromatic heterocycles. The van der Waals surface area contributed by atoms with E-state index < -0.39 is 5.97 Å². The third-order valence-corrected chi connectivity index (χ3v) is 4.25. The van der Waals surface area contributed by atoms with E-state index in [0.29, 0.717) is 16.5 Å². The number of aromatic nitrogens is 3. The number of carbonyl (C=O) groups is 1. The Bertz CT molecular complexity index is 897. The summed E-state index contributed by atoms with van der Waals surface area (Å²) in [5.41, 5.74) is 3.21. The molecule has 0 radical (unpaired) electrons. The summed E-state index contributed by atoms with van der Waals surface area (Å²) in [5.74, 6) is 0.188. The average Bonchev–Trinajstić information content (AvgIpc) is 3.18. The molecule has 7 heteroatoms. The van der Waals surface area contributed by atoms with Crippen LogP contribution in [0.2, 0.25) is 5.02 Å². The highest BCUT2D eigenvalue weighted by Crippen LogP contribution is 2.21. The van der Waals surface area contributed by atoms with Crippen molar-refractivity contribution in [1.82, 2.24) is 14.8 Å². The number of ether oxygens (including phenoxy) is 1. The molecule has 0 unspecified atom stereocenters. The van der Waals surface area contributed by atoms with E-state index in [-0.39, 0.29) is 12.5 Å². The Morgan fingerprint density at radius 2 is 1.96 bits per heavy atom. The number of nitrogens with zero attached hydrogens (tertiary/aromatic N) is 3. The summed E-state index contributed by atoms with van der Waals surface area (Å²) in [7, 11) is 0. The first-order valence-corrected chi connectivity index (χ1v) is 8.29. The molecule has 3 aromatic rings. The summed E-state index contributed by atoms with van der Waals surface area (Å²) < 4.78 is 12.9. The quantitative estimate of drug-likeness (QED) is 0.639. The monoisotopic (exact) mass is 359 g/mol. The molecular formula is C18H18ClN3O3. The molecule has 0 bridgehead atoms. The van der Waals surface area contributed by atoms with Crippen molar-refractivity contribution in [1.29, 1.82) is 0 Å². The Morgan fingerprint density at radius 1 is 1.24 bits per heavy atom. The first-order chi connectivity index (χ1) is 12.0. The second-order valence-corrected chi connectivity index (χ2v) is 6.05. The van der Waals surface area contributed by atoms with Crippen LogP contribution >= 0.6 is 11.6 Å². The van der Waals surface area contributed by atoms with Crippen molar-refractivity contribution in [3.8, 4) is 11.5 Å². The lowest BCUT2D eigenvalue weighted by Gasteiger charge is -2.05. The summed E-state index contributed by atoms with van der Waals surface area (Å²) in [6.45, 7) is 6.63. The van der Waals surface area contributed by atoms with Crippen molar-refractivity contribution in [2.45, 2.75) is 33.9 Å². The van der Waals surface area contributed by atoms with Gasteiger partial charge >= 0.3 is 5.97 Å². The van der Waals surface area contributed by atoms with Gasteiger partial charge in [0.25, 0.3) is 5.89 Å². The van der Waals surface area contributed by atoms with Crippen molar-refractivity contribution in [2.24, 2.45) is 0 Å². The lowest BCUT2D eigenvalue weighted by atomic mass is 10.2. The maximum Gasteiger partial charge on any atom is 0.340 e. The fourth-order valence-electron chi connectivity index (χ4n) is 2.72. The normalized spacial score (nSPS) is 10.9. The van der Waals surface area contributed by atoms with Crippen LogP contribution in [0.4, 0.5) is 0 Å². The third-order valence-electron chi connectivity index (χ3n) is 3.99. The van der Waals surface area contributed by atoms with Crippen molar-refractivity contribution >= 4 is 17.6 Å². The van der Waals surface area contributed by atoms with Gasteiger partial charge in [0, 0.05) is 28.5 Å². The van der Waals surface area contributed by atoms with Gasteiger partial charge in [-0.15, -0.1) is 10.2 Å². The smallest absolute Gasteiger partial charge is 0.340 e. The van der Waals surface area contributed by atoms with Gasteiger partial charge < -0.3 is 13.7 Å². The predicted molar refractivity (Wildman–Crippen MR) is 93.4 cm³/mol. The topological polar surface area (TPSA) is 70.2 Å². The Morgan fingerprint density at radius 3 is 2.60 bits per heavy atom. The fourth-order valence-corrected chi connectivity index (χ4v) is 2.85. The Balaban J connectivity index is 1.68. The number of benzene rings is 1. The first-order valence-electron chi connectivity index (χ1n) is 7.91. The molecule has 0 atom stereocenters. The molecule has 0 saturated heterocycles. The molecule has 0 spiro atoms. The van der Waals surface area contributed by atoms with Crippen LogP contribution in [0.15, 0.2) is 34.7 Å². The van der Waals surface area contributed by atoms with Gasteiger partial charge in [-0.05, 0) is 51.1 Å². The summed E-state index contributed by atoms with van der Waals surface area (Å²) in [6, 6.07) is 8.87. The maximum absolute atomic E-state index is 12.3. The van der Waals surface area contributed by atoms with E-state index in [0.717, 1.165) is 23.5 Å². The summed E-state index contributed by atoms with van der Waals surface area (Å²) >= 11 is 5.86. The minimum Gasteiger partial charge on any atom is -0.452 e. The largest absolute Gasteiger partial charge is 0.452 e. The van der Waals surface area contributed by atoms with E-state index in [1.807, 2.05) is 26.8 Å². The molecular weight excluding hydrogens is 342 g/mol. The molecule has 0 fully saturated rings. The van der Waals surface area contributed by atoms with Crippen molar-refractivity contribution < 1.29 is 13.9 Å². The molecule has 3 rings (SSSR count). The minimum absolute atomic E-state index is 0.0742. The lowest BCUT2D eigenvalue weighted by molar-refractivity contribution is 0.0437. The van der Waals surface area contributed by atoms with Gasteiger partial charge in [-0.2, -0.15) is 0 Å². The van der Waals surface area contributed by atoms with Gasteiger partial charge in [0.15, 0.2) is 6.61 Å². The van der Waals surface area contributed by atoms with Crippen LogP contribution in [0.3, 0.4) is 0 Å². The number of carbonyl (C=O) groups excluding carboxylic acids is 1. The van der Waals surface area contributed by atoms with Crippen LogP contribution in [0.1, 0.15) is 34.6 Å². The lowest BCUT2D eigenvalue weighted by Crippen LogP contribution is -2.07. The summed E-state index contributed by atoms with van der Waals surface area (Å²) in [5, 5.41) is 8.50. The molecule has 25 heavy (non-hydrogen) atoms. The van der Waals surface area contributed by atoms with Crippen molar-refractivity contribution in [3.05, 3.63) is 58.2 Å². The van der Waals surface area contributed by atoms with Crippen LogP contribution in [0.5, 0.6) is 0 Å². The van der Waals surface area contributed by atoms with Crippen LogP contribution in [0, 0.1) is 13.8 Å². The van der Waals surface area contributed by atoms with E-state index >= 15 is 0 Å². The average molecular weight is 360 g/mol. The second-order valence-electron chi connectivity index (χ2n) is 5.61. The Hall–Kier alpha value is -2.60. The second kappa shape index (κ2) is 7.11. The number of rotatable bonds is 5. The minimum atomic E-state index is -0.404. The molecule has 0 amide bonds. The zero-order valence-corrected chi connectivity index (χ0v) is 15.0. The SMILES string of the molecule is CCn1c(C)cc(C(=O)OCc2nnc(-c3ccc(Cl)cc3)o2)c1C. The van der Waals surface area contributed by atoms with E-state index in [1.165, 1.54) is 0 Å². The zero-order chi connectivity index (χ0) is 18.0. The van der Waals surface area contributed by atoms with Crippen LogP contribution in [-0.2, 0) is 17.9 Å². The molecule has 1 aromatic carbocycles. The molecule has 0 N–H and O–H groups in total. The van der Waals surface area contributed by atoms with E-state index in [1.54, 1.807) is 24.3 Å². The van der Waals surface area contributed by atoms with Crippen LogP contribution in [-0.4, -0.2) is 20.7 Å². The summed E-state index contributed by atoms with van der Waals surface area (Å²) in [4.78, 5) is 12.3. The van der Waals surface area contributed by atoms with E-state index in [2.05, 4.69) is 14.8 Å². The highest BCUT2D eigenvalue weighted by atomic mass is 35.5. The highest BCUT2D eigenvalue weighted by Gasteiger charge is 2.17. The van der Waals surface area contributed by atoms with Gasteiger partial charge in [0.1, 0.15) is 0 Å². The number of esters is 1. The number of hydrogen-bond acceptors (Lipinski definition) is 5. The molecule has 2 heterocycles. The van der Waals surface area contributed by atoms with Gasteiger partial charge in [-0.3, -0.25) is 0 Å². The number of halogens is 1. The van der Waals surface area contributed by atoms with Gasteiger partial charge in [-0.25, -0.2) is 4.79 Å². The van der Waals surface area contributed by atoms with Crippen LogP contribution < -0.4 is 0 Å². The first kappa shape index (κ1) is 17.2. The summed E-state index contributed by atoms with van der Waals surface area (Å²) in [6.07, 6.45) is 0. The van der Waals surface area contributed by atoms with E-state index in [4.69, 9.17) is 20.8 Å². The maximum atomic E-state index is 12.3. The molecule has 0 aliphatic carbocycles. The molecule has 0 aliphatic heterocycles. The fraction of sp³-hybridized carbons (Fsp3) is 0.278. The van der Waals surface area contributed by atoms with Crippen LogP contribution in [0.25, 0.3) is 11.5 Å². The zero-order valence-electron chi connectivity index (χ0n) is 14.2. The van der Waals surface area contributed by atoms with E-state index in [9.17, 15) is 4.79 Å². The highest BCUT2D eigenvalue weighted by molar-refractivity contribution is 6.30. The Kier molecular flexibility index (Phi) is 4.90. The standard InChI is InChI=1S/C18H18ClN3O3/c1-4-22-11(2)9-15(12(22)3)18(23)24-10-16-20-21-17(25-16)13-5-7-14(19)8-6-13/h5-9H,4,10H2,1-3H3. The third kappa shape index (κ3) is 3.58. The van der Waals surface area contributed by atoms with Crippen molar-refractivity contribution in [2.75, 3.05) is 0 Å². The molecule has 0 saturated carbocycles. The predicted octanol–water partition coefficient (Wildman–Crippen LogP) is 4.19. The van der Waals surface area contributed by atoms with Gasteiger partial charge in [0.2, 0.25) is 5.89 Å². The number of hydrogen-bond donors (Lipinski definition) is 0. The van der Waals surface area contributed by atoms with Gasteiger partial charge in [0.05, 0.1) is 5.56 Å². The molecule has 130 valence electrons. The Labute approximate surface area is 150 Å². The molecule has 0 aliphatic rings.